The third kappa shape index (κ3) is 2.79. The third-order valence-corrected chi connectivity index (χ3v) is 8.14. The number of nitrogens with one attached hydrogen (secondary N) is 1. The van der Waals surface area contributed by atoms with Crippen molar-refractivity contribution in [2.24, 2.45) is 17.3 Å². The van der Waals surface area contributed by atoms with Crippen molar-refractivity contribution in [2.75, 3.05) is 13.1 Å². The molecule has 2 aliphatic carbocycles. The maximum atomic E-state index is 13.0. The lowest BCUT2D eigenvalue weighted by molar-refractivity contribution is -0.144. The second-order valence-electron chi connectivity index (χ2n) is 9.93. The quantitative estimate of drug-likeness (QED) is 0.754. The molecule has 31 heavy (non-hydrogen) atoms. The molecule has 1 N–H and O–H groups in total. The Morgan fingerprint density at radius 3 is 2.97 bits per heavy atom. The zero-order valence-electron chi connectivity index (χ0n) is 18.1. The van der Waals surface area contributed by atoms with Crippen LogP contribution in [0, 0.1) is 17.3 Å². The molecule has 6 rings (SSSR count). The van der Waals surface area contributed by atoms with Crippen molar-refractivity contribution in [2.45, 2.75) is 45.8 Å². The summed E-state index contributed by atoms with van der Waals surface area (Å²) in [5, 5.41) is 1.29. The largest absolute Gasteiger partial charge is 0.457 e. The second kappa shape index (κ2) is 6.67. The van der Waals surface area contributed by atoms with Crippen LogP contribution in [-0.2, 0) is 27.3 Å². The summed E-state index contributed by atoms with van der Waals surface area (Å²) >= 11 is 0. The number of para-hydroxylation sites is 1. The number of rotatable bonds is 2. The topological polar surface area (TPSA) is 62.4 Å². The molecule has 2 fully saturated rings. The second-order valence-corrected chi connectivity index (χ2v) is 9.93. The van der Waals surface area contributed by atoms with Crippen molar-refractivity contribution in [3.05, 3.63) is 58.8 Å². The Bertz CT molecular complexity index is 1170. The molecule has 1 aromatic carbocycles. The minimum absolute atomic E-state index is 0.0514. The SMILES string of the molecule is CC1=C2C3OC(=O)C(CN4CCc5[nH]c6ccccc6c5C4)C3CCC2(C)C=CC1=O. The normalized spacial score (nSPS) is 32.8. The predicted molar refractivity (Wildman–Crippen MR) is 118 cm³/mol. The number of aromatic nitrogens is 1. The highest BCUT2D eigenvalue weighted by Gasteiger charge is 2.54. The number of hydrogen-bond acceptors (Lipinski definition) is 4. The van der Waals surface area contributed by atoms with Crippen LogP contribution in [0.2, 0.25) is 0 Å². The summed E-state index contributed by atoms with van der Waals surface area (Å²) in [6, 6.07) is 8.46. The Balaban J connectivity index is 1.26. The third-order valence-electron chi connectivity index (χ3n) is 8.14. The van der Waals surface area contributed by atoms with Crippen LogP contribution in [0.25, 0.3) is 10.9 Å². The number of H-pyrrole nitrogens is 1. The monoisotopic (exact) mass is 416 g/mol. The zero-order chi connectivity index (χ0) is 21.3. The fraction of sp³-hybridized carbons (Fsp3) is 0.462. The van der Waals surface area contributed by atoms with Gasteiger partial charge in [0.2, 0.25) is 0 Å². The van der Waals surface area contributed by atoms with Crippen LogP contribution < -0.4 is 0 Å². The molecule has 5 heteroatoms. The summed E-state index contributed by atoms with van der Waals surface area (Å²) < 4.78 is 5.98. The predicted octanol–water partition coefficient (Wildman–Crippen LogP) is 3.94. The number of esters is 1. The van der Waals surface area contributed by atoms with Gasteiger partial charge in [0.15, 0.2) is 5.78 Å². The van der Waals surface area contributed by atoms with E-state index in [-0.39, 0.29) is 35.1 Å². The van der Waals surface area contributed by atoms with Crippen LogP contribution in [0.5, 0.6) is 0 Å². The summed E-state index contributed by atoms with van der Waals surface area (Å²) in [7, 11) is 0. The van der Waals surface area contributed by atoms with E-state index in [1.54, 1.807) is 6.08 Å². The number of hydrogen-bond donors (Lipinski definition) is 1. The average molecular weight is 417 g/mol. The van der Waals surface area contributed by atoms with Gasteiger partial charge in [-0.25, -0.2) is 0 Å². The summed E-state index contributed by atoms with van der Waals surface area (Å²) in [6.07, 6.45) is 6.36. The van der Waals surface area contributed by atoms with E-state index in [0.717, 1.165) is 50.0 Å². The van der Waals surface area contributed by atoms with Crippen LogP contribution in [0.1, 0.15) is 37.9 Å². The number of benzene rings is 1. The fourth-order valence-corrected chi connectivity index (χ4v) is 6.44. The molecule has 3 heterocycles. The first-order chi connectivity index (χ1) is 14.9. The number of ether oxygens (including phenoxy) is 1. The first-order valence-corrected chi connectivity index (χ1v) is 11.4. The van der Waals surface area contributed by atoms with Crippen LogP contribution in [0.3, 0.4) is 0 Å². The molecule has 1 saturated heterocycles. The Labute approximate surface area is 182 Å². The highest BCUT2D eigenvalue weighted by Crippen LogP contribution is 2.53. The Morgan fingerprint density at radius 2 is 2.10 bits per heavy atom. The van der Waals surface area contributed by atoms with Gasteiger partial charge in [0.25, 0.3) is 0 Å². The lowest BCUT2D eigenvalue weighted by Gasteiger charge is -2.43. The number of allylic oxidation sites excluding steroid dienone is 3. The molecule has 4 aliphatic rings. The first-order valence-electron chi connectivity index (χ1n) is 11.4. The minimum atomic E-state index is -0.251. The van der Waals surface area contributed by atoms with Gasteiger partial charge in [-0.1, -0.05) is 31.2 Å². The van der Waals surface area contributed by atoms with Crippen molar-refractivity contribution >= 4 is 22.7 Å². The van der Waals surface area contributed by atoms with E-state index in [0.29, 0.717) is 0 Å². The molecule has 0 radical (unpaired) electrons. The lowest BCUT2D eigenvalue weighted by atomic mass is 9.61. The molecule has 5 nitrogen and oxygen atoms in total. The molecular formula is C26H28N2O3. The molecule has 1 aromatic heterocycles. The summed E-state index contributed by atoms with van der Waals surface area (Å²) in [6.45, 7) is 6.61. The Hall–Kier alpha value is -2.66. The van der Waals surface area contributed by atoms with E-state index < -0.39 is 0 Å². The molecule has 2 aromatic rings. The Kier molecular flexibility index (Phi) is 4.10. The maximum absolute atomic E-state index is 13.0. The van der Waals surface area contributed by atoms with E-state index >= 15 is 0 Å². The number of aromatic amines is 1. The van der Waals surface area contributed by atoms with Gasteiger partial charge in [-0.05, 0) is 43.0 Å². The summed E-state index contributed by atoms with van der Waals surface area (Å²) in [5.41, 5.74) is 5.53. The van der Waals surface area contributed by atoms with Gasteiger partial charge >= 0.3 is 5.97 Å². The van der Waals surface area contributed by atoms with Crippen molar-refractivity contribution in [1.29, 1.82) is 0 Å². The van der Waals surface area contributed by atoms with E-state index in [9.17, 15) is 9.59 Å². The molecular weight excluding hydrogens is 388 g/mol. The number of carbonyl (C=O) groups is 2. The van der Waals surface area contributed by atoms with Gasteiger partial charge in [0.1, 0.15) is 6.10 Å². The van der Waals surface area contributed by atoms with Gasteiger partial charge in [-0.15, -0.1) is 0 Å². The minimum Gasteiger partial charge on any atom is -0.457 e. The number of fused-ring (bicyclic) bond motifs is 6. The first kappa shape index (κ1) is 19.1. The van der Waals surface area contributed by atoms with E-state index in [1.807, 2.05) is 13.0 Å². The number of carbonyl (C=O) groups excluding carboxylic acids is 2. The van der Waals surface area contributed by atoms with Gasteiger partial charge < -0.3 is 9.72 Å². The smallest absolute Gasteiger partial charge is 0.311 e. The maximum Gasteiger partial charge on any atom is 0.311 e. The van der Waals surface area contributed by atoms with Crippen molar-refractivity contribution in [3.8, 4) is 0 Å². The standard InChI is InChI=1S/C26H28N2O3/c1-15-22(29)8-11-26(2)10-7-17-19(25(30)31-24(17)23(15)26)14-28-12-9-21-18(13-28)16-5-3-4-6-20(16)27-21/h3-6,8,11,17,19,24,27H,7,9-10,12-14H2,1-2H3. The van der Waals surface area contributed by atoms with Gasteiger partial charge in [0, 0.05) is 59.6 Å². The molecule has 0 bridgehead atoms. The molecule has 4 atom stereocenters. The zero-order valence-corrected chi connectivity index (χ0v) is 18.1. The van der Waals surface area contributed by atoms with Gasteiger partial charge in [0.05, 0.1) is 5.92 Å². The number of ketones is 1. The van der Waals surface area contributed by atoms with Crippen LogP contribution >= 0.6 is 0 Å². The van der Waals surface area contributed by atoms with Gasteiger partial charge in [-0.2, -0.15) is 0 Å². The molecule has 2 aliphatic heterocycles. The highest BCUT2D eigenvalue weighted by molar-refractivity contribution is 6.05. The van der Waals surface area contributed by atoms with E-state index in [1.165, 1.54) is 22.2 Å². The summed E-state index contributed by atoms with van der Waals surface area (Å²) in [4.78, 5) is 31.4. The van der Waals surface area contributed by atoms with Gasteiger partial charge in [-0.3, -0.25) is 14.5 Å². The molecule has 0 spiro atoms. The van der Waals surface area contributed by atoms with Crippen LogP contribution in [-0.4, -0.2) is 40.8 Å². The summed E-state index contributed by atoms with van der Waals surface area (Å²) in [5.74, 6) is -0.00130. The Morgan fingerprint density at radius 1 is 1.26 bits per heavy atom. The number of nitrogens with zero attached hydrogens (tertiary/aromatic N) is 1. The van der Waals surface area contributed by atoms with E-state index in [4.69, 9.17) is 4.74 Å². The van der Waals surface area contributed by atoms with Crippen molar-refractivity contribution < 1.29 is 14.3 Å². The van der Waals surface area contributed by atoms with E-state index in [2.05, 4.69) is 41.1 Å². The lowest BCUT2D eigenvalue weighted by Crippen LogP contribution is -2.42. The molecule has 1 saturated carbocycles. The molecule has 160 valence electrons. The molecule has 4 unspecified atom stereocenters. The highest BCUT2D eigenvalue weighted by atomic mass is 16.6. The van der Waals surface area contributed by atoms with Crippen molar-refractivity contribution in [3.63, 3.8) is 0 Å². The van der Waals surface area contributed by atoms with Crippen LogP contribution in [0.15, 0.2) is 47.6 Å². The fourth-order valence-electron chi connectivity index (χ4n) is 6.44. The van der Waals surface area contributed by atoms with Crippen molar-refractivity contribution in [1.82, 2.24) is 9.88 Å². The average Bonchev–Trinajstić information content (AvgIpc) is 3.28. The molecule has 0 amide bonds. The van der Waals surface area contributed by atoms with Crippen LogP contribution in [0.4, 0.5) is 0 Å².